The Morgan fingerprint density at radius 1 is 1.38 bits per heavy atom. The van der Waals surface area contributed by atoms with Crippen LogP contribution in [0.1, 0.15) is 30.9 Å². The molecule has 1 heterocycles. The molecule has 1 saturated heterocycles. The van der Waals surface area contributed by atoms with Crippen LogP contribution in [0.5, 0.6) is 0 Å². The summed E-state index contributed by atoms with van der Waals surface area (Å²) in [5, 5.41) is 14.1. The Labute approximate surface area is 102 Å². The van der Waals surface area contributed by atoms with E-state index >= 15 is 0 Å². The molecule has 0 amide bonds. The van der Waals surface area contributed by atoms with E-state index in [1.807, 2.05) is 6.07 Å². The molecule has 0 saturated carbocycles. The largest absolute Gasteiger partial charge is 0.310 e. The zero-order valence-corrected chi connectivity index (χ0v) is 10.4. The molecule has 86 valence electrons. The van der Waals surface area contributed by atoms with Gasteiger partial charge in [0.2, 0.25) is 0 Å². The van der Waals surface area contributed by atoms with Crippen LogP contribution in [0.2, 0.25) is 0 Å². The van der Waals surface area contributed by atoms with Crippen LogP contribution >= 0.6 is 15.9 Å². The summed E-state index contributed by atoms with van der Waals surface area (Å²) in [7, 11) is 0. The van der Waals surface area contributed by atoms with Crippen LogP contribution in [0.3, 0.4) is 0 Å². The van der Waals surface area contributed by atoms with Crippen molar-refractivity contribution >= 4 is 21.6 Å². The van der Waals surface area contributed by atoms with Gasteiger partial charge < -0.3 is 5.32 Å². The average Bonchev–Trinajstić information content (AvgIpc) is 2.29. The van der Waals surface area contributed by atoms with E-state index in [0.717, 1.165) is 23.0 Å². The maximum absolute atomic E-state index is 10.8. The third-order valence-corrected chi connectivity index (χ3v) is 3.29. The van der Waals surface area contributed by atoms with Gasteiger partial charge in [-0.15, -0.1) is 0 Å². The summed E-state index contributed by atoms with van der Waals surface area (Å²) in [5.41, 5.74) is 1.15. The number of hydrogen-bond acceptors (Lipinski definition) is 3. The Hall–Kier alpha value is -0.940. The summed E-state index contributed by atoms with van der Waals surface area (Å²) < 4.78 is 0.768. The van der Waals surface area contributed by atoms with Crippen molar-refractivity contribution in [2.45, 2.75) is 25.3 Å². The van der Waals surface area contributed by atoms with Gasteiger partial charge in [0.05, 0.1) is 4.92 Å². The Morgan fingerprint density at radius 2 is 2.19 bits per heavy atom. The molecule has 16 heavy (non-hydrogen) atoms. The molecular formula is C11H13BrN2O2. The number of halogens is 1. The highest BCUT2D eigenvalue weighted by Gasteiger charge is 2.18. The van der Waals surface area contributed by atoms with E-state index in [1.165, 1.54) is 18.9 Å². The van der Waals surface area contributed by atoms with Crippen LogP contribution in [-0.4, -0.2) is 11.5 Å². The number of nitro benzene ring substituents is 1. The van der Waals surface area contributed by atoms with E-state index in [2.05, 4.69) is 21.2 Å². The maximum atomic E-state index is 10.8. The van der Waals surface area contributed by atoms with Crippen LogP contribution in [0.4, 0.5) is 5.69 Å². The van der Waals surface area contributed by atoms with Gasteiger partial charge in [-0.05, 0) is 31.0 Å². The first-order chi connectivity index (χ1) is 7.66. The normalized spacial score (nSPS) is 20.7. The van der Waals surface area contributed by atoms with Gasteiger partial charge in [0.15, 0.2) is 0 Å². The minimum atomic E-state index is -0.350. The van der Waals surface area contributed by atoms with E-state index in [1.54, 1.807) is 6.07 Å². The third-order valence-electron chi connectivity index (χ3n) is 2.83. The fourth-order valence-corrected chi connectivity index (χ4v) is 2.54. The molecular weight excluding hydrogens is 272 g/mol. The molecule has 2 rings (SSSR count). The molecule has 0 radical (unpaired) electrons. The SMILES string of the molecule is O=[N+]([O-])c1cc(Br)cc(C2CCCCN2)c1. The van der Waals surface area contributed by atoms with Crippen LogP contribution in [-0.2, 0) is 0 Å². The zero-order chi connectivity index (χ0) is 11.5. The van der Waals surface area contributed by atoms with Crippen LogP contribution < -0.4 is 5.32 Å². The number of nitrogens with one attached hydrogen (secondary N) is 1. The second-order valence-electron chi connectivity index (χ2n) is 4.00. The van der Waals surface area contributed by atoms with E-state index in [-0.39, 0.29) is 16.7 Å². The summed E-state index contributed by atoms with van der Waals surface area (Å²) in [6.45, 7) is 0.991. The molecule has 1 aromatic rings. The first kappa shape index (κ1) is 11.5. The second-order valence-corrected chi connectivity index (χ2v) is 4.92. The molecule has 4 nitrogen and oxygen atoms in total. The van der Waals surface area contributed by atoms with Crippen molar-refractivity contribution in [3.63, 3.8) is 0 Å². The number of rotatable bonds is 2. The standard InChI is InChI=1S/C11H13BrN2O2/c12-9-5-8(6-10(7-9)14(15)16)11-3-1-2-4-13-11/h5-7,11,13H,1-4H2. The monoisotopic (exact) mass is 284 g/mol. The highest BCUT2D eigenvalue weighted by molar-refractivity contribution is 9.10. The molecule has 5 heteroatoms. The molecule has 1 fully saturated rings. The summed E-state index contributed by atoms with van der Waals surface area (Å²) in [6.07, 6.45) is 3.41. The highest BCUT2D eigenvalue weighted by atomic mass is 79.9. The lowest BCUT2D eigenvalue weighted by molar-refractivity contribution is -0.385. The maximum Gasteiger partial charge on any atom is 0.270 e. The van der Waals surface area contributed by atoms with Crippen LogP contribution in [0, 0.1) is 10.1 Å². The fraction of sp³-hybridized carbons (Fsp3) is 0.455. The number of benzene rings is 1. The molecule has 0 aliphatic carbocycles. The van der Waals surface area contributed by atoms with Gasteiger partial charge in [-0.25, -0.2) is 0 Å². The van der Waals surface area contributed by atoms with Crippen molar-refractivity contribution in [3.05, 3.63) is 38.3 Å². The predicted octanol–water partition coefficient (Wildman–Crippen LogP) is 3.17. The van der Waals surface area contributed by atoms with E-state index in [0.29, 0.717) is 0 Å². The Balaban J connectivity index is 2.28. The number of hydrogen-bond donors (Lipinski definition) is 1. The zero-order valence-electron chi connectivity index (χ0n) is 8.78. The Kier molecular flexibility index (Phi) is 3.56. The molecule has 0 bridgehead atoms. The van der Waals surface area contributed by atoms with E-state index in [4.69, 9.17) is 0 Å². The lowest BCUT2D eigenvalue weighted by atomic mass is 9.97. The van der Waals surface area contributed by atoms with Gasteiger partial charge in [0, 0.05) is 22.6 Å². The van der Waals surface area contributed by atoms with E-state index in [9.17, 15) is 10.1 Å². The lowest BCUT2D eigenvalue weighted by Gasteiger charge is -2.23. The van der Waals surface area contributed by atoms with Gasteiger partial charge in [0.1, 0.15) is 0 Å². The topological polar surface area (TPSA) is 55.2 Å². The fourth-order valence-electron chi connectivity index (χ4n) is 2.04. The number of non-ortho nitro benzene ring substituents is 1. The Morgan fingerprint density at radius 3 is 2.81 bits per heavy atom. The lowest BCUT2D eigenvalue weighted by Crippen LogP contribution is -2.26. The first-order valence-electron chi connectivity index (χ1n) is 5.35. The predicted molar refractivity (Wildman–Crippen MR) is 65.4 cm³/mol. The minimum absolute atomic E-state index is 0.150. The van der Waals surface area contributed by atoms with Crippen molar-refractivity contribution in [1.29, 1.82) is 0 Å². The van der Waals surface area contributed by atoms with Crippen molar-refractivity contribution in [1.82, 2.24) is 5.32 Å². The second kappa shape index (κ2) is 4.93. The average molecular weight is 285 g/mol. The summed E-state index contributed by atoms with van der Waals surface area (Å²) in [5.74, 6) is 0. The van der Waals surface area contributed by atoms with Gasteiger partial charge >= 0.3 is 0 Å². The van der Waals surface area contributed by atoms with Crippen molar-refractivity contribution < 1.29 is 4.92 Å². The molecule has 1 aliphatic heterocycles. The Bertz CT molecular complexity index is 403. The van der Waals surface area contributed by atoms with Crippen LogP contribution in [0.25, 0.3) is 0 Å². The quantitative estimate of drug-likeness (QED) is 0.670. The molecule has 0 spiro atoms. The molecule has 1 aliphatic rings. The molecule has 1 N–H and O–H groups in total. The van der Waals surface area contributed by atoms with Gasteiger partial charge in [-0.1, -0.05) is 22.4 Å². The number of piperidine rings is 1. The minimum Gasteiger partial charge on any atom is -0.310 e. The van der Waals surface area contributed by atoms with Crippen molar-refractivity contribution in [3.8, 4) is 0 Å². The number of nitro groups is 1. The first-order valence-corrected chi connectivity index (χ1v) is 6.14. The molecule has 1 aromatic carbocycles. The van der Waals surface area contributed by atoms with Crippen molar-refractivity contribution in [2.24, 2.45) is 0 Å². The molecule has 0 aromatic heterocycles. The van der Waals surface area contributed by atoms with Crippen LogP contribution in [0.15, 0.2) is 22.7 Å². The smallest absolute Gasteiger partial charge is 0.270 e. The third kappa shape index (κ3) is 2.59. The summed E-state index contributed by atoms with van der Waals surface area (Å²) in [6, 6.07) is 5.40. The molecule has 1 unspecified atom stereocenters. The highest BCUT2D eigenvalue weighted by Crippen LogP contribution is 2.29. The van der Waals surface area contributed by atoms with Gasteiger partial charge in [-0.3, -0.25) is 10.1 Å². The van der Waals surface area contributed by atoms with Gasteiger partial charge in [-0.2, -0.15) is 0 Å². The van der Waals surface area contributed by atoms with Gasteiger partial charge in [0.25, 0.3) is 5.69 Å². The number of nitrogens with zero attached hydrogens (tertiary/aromatic N) is 1. The van der Waals surface area contributed by atoms with E-state index < -0.39 is 0 Å². The summed E-state index contributed by atoms with van der Waals surface area (Å²) in [4.78, 5) is 10.4. The van der Waals surface area contributed by atoms with Crippen molar-refractivity contribution in [2.75, 3.05) is 6.54 Å². The molecule has 1 atom stereocenters. The summed E-state index contributed by atoms with van der Waals surface area (Å²) >= 11 is 3.32.